The number of aromatic nitrogens is 4. The molecule has 0 aliphatic carbocycles. The fourth-order valence-electron chi connectivity index (χ4n) is 2.89. The molecule has 0 bridgehead atoms. The molecule has 0 saturated carbocycles. The van der Waals surface area contributed by atoms with Crippen LogP contribution in [0.2, 0.25) is 0 Å². The van der Waals surface area contributed by atoms with Crippen molar-refractivity contribution in [1.29, 1.82) is 0 Å². The van der Waals surface area contributed by atoms with Crippen LogP contribution in [-0.4, -0.2) is 32.7 Å². The lowest BCUT2D eigenvalue weighted by molar-refractivity contribution is -0.137. The average molecular weight is 442 g/mol. The molecule has 0 aliphatic heterocycles. The van der Waals surface area contributed by atoms with Gasteiger partial charge in [0, 0.05) is 36.7 Å². The molecule has 166 valence electrons. The van der Waals surface area contributed by atoms with Crippen molar-refractivity contribution in [3.05, 3.63) is 96.4 Å². The molecule has 0 N–H and O–H groups in total. The average Bonchev–Trinajstić information content (AvgIpc) is 3.35. The summed E-state index contributed by atoms with van der Waals surface area (Å²) in [5, 5.41) is 3.94. The number of carbonyl (C=O) groups excluding carboxylic acids is 1. The van der Waals surface area contributed by atoms with Gasteiger partial charge in [0.1, 0.15) is 12.4 Å². The van der Waals surface area contributed by atoms with Gasteiger partial charge in [0.15, 0.2) is 0 Å². The first-order valence-corrected chi connectivity index (χ1v) is 10.5. The lowest BCUT2D eigenvalue weighted by Gasteiger charge is -2.05. The van der Waals surface area contributed by atoms with Gasteiger partial charge in [-0.3, -0.25) is 9.97 Å². The lowest BCUT2D eigenvalue weighted by atomic mass is 10.2. The number of rotatable bonds is 10. The van der Waals surface area contributed by atoms with Crippen LogP contribution in [0.5, 0.6) is 5.75 Å². The van der Waals surface area contributed by atoms with Gasteiger partial charge in [-0.1, -0.05) is 23.4 Å². The Kier molecular flexibility index (Phi) is 7.52. The van der Waals surface area contributed by atoms with Crippen LogP contribution in [0.1, 0.15) is 23.6 Å². The summed E-state index contributed by atoms with van der Waals surface area (Å²) in [5.41, 5.74) is 2.51. The molecule has 4 rings (SSSR count). The van der Waals surface area contributed by atoms with Crippen molar-refractivity contribution in [2.24, 2.45) is 0 Å². The van der Waals surface area contributed by atoms with Gasteiger partial charge >= 0.3 is 5.97 Å². The van der Waals surface area contributed by atoms with E-state index in [-0.39, 0.29) is 6.61 Å². The van der Waals surface area contributed by atoms with Crippen LogP contribution < -0.4 is 4.74 Å². The fourth-order valence-corrected chi connectivity index (χ4v) is 2.89. The molecule has 8 heteroatoms. The summed E-state index contributed by atoms with van der Waals surface area (Å²) in [4.78, 5) is 24.5. The van der Waals surface area contributed by atoms with Crippen molar-refractivity contribution in [1.82, 2.24) is 20.1 Å². The number of nitrogens with zero attached hydrogens (tertiary/aromatic N) is 4. The van der Waals surface area contributed by atoms with Crippen LogP contribution in [0, 0.1) is 0 Å². The maximum absolute atomic E-state index is 11.9. The normalized spacial score (nSPS) is 10.9. The highest BCUT2D eigenvalue weighted by molar-refractivity contribution is 5.87. The predicted octanol–water partition coefficient (Wildman–Crippen LogP) is 4.29. The summed E-state index contributed by atoms with van der Waals surface area (Å²) >= 11 is 0. The van der Waals surface area contributed by atoms with Gasteiger partial charge in [-0.25, -0.2) is 4.79 Å². The summed E-state index contributed by atoms with van der Waals surface area (Å²) < 4.78 is 16.2. The Morgan fingerprint density at radius 2 is 1.94 bits per heavy atom. The van der Waals surface area contributed by atoms with Crippen molar-refractivity contribution in [3.63, 3.8) is 0 Å². The number of aryl methyl sites for hydroxylation is 1. The summed E-state index contributed by atoms with van der Waals surface area (Å²) in [6.07, 6.45) is 9.28. The molecule has 0 unspecified atom stereocenters. The summed E-state index contributed by atoms with van der Waals surface area (Å²) in [6.45, 7) is 0.658. The second-order valence-corrected chi connectivity index (χ2v) is 7.04. The minimum atomic E-state index is -0.410. The molecule has 0 spiro atoms. The topological polar surface area (TPSA) is 100 Å². The van der Waals surface area contributed by atoms with E-state index in [1.54, 1.807) is 24.7 Å². The SMILES string of the molecule is O=C(/C=C/c1ccc(OCc2ccccn2)cc1)OCCCc1nc(-c2cccnc2)no1. The Morgan fingerprint density at radius 1 is 1.03 bits per heavy atom. The Morgan fingerprint density at radius 3 is 2.73 bits per heavy atom. The van der Waals surface area contributed by atoms with Crippen molar-refractivity contribution in [3.8, 4) is 17.1 Å². The van der Waals surface area contributed by atoms with E-state index >= 15 is 0 Å². The molecule has 0 atom stereocenters. The molecular formula is C25H22N4O4. The third-order valence-electron chi connectivity index (χ3n) is 4.57. The standard InChI is InChI=1S/C25H22N4O4/c30-24(31-16-4-7-23-28-25(29-33-23)20-5-3-14-26-17-20)13-10-19-8-11-22(12-9-19)32-18-21-6-1-2-15-27-21/h1-3,5-6,8-15,17H,4,7,16,18H2/b13-10+. The third kappa shape index (κ3) is 6.83. The molecule has 0 saturated heterocycles. The van der Waals surface area contributed by atoms with Gasteiger partial charge in [0.2, 0.25) is 11.7 Å². The molecule has 0 amide bonds. The van der Waals surface area contributed by atoms with Gasteiger partial charge < -0.3 is 14.0 Å². The maximum atomic E-state index is 11.9. The fraction of sp³-hybridized carbons (Fsp3) is 0.160. The Labute approximate surface area is 190 Å². The summed E-state index contributed by atoms with van der Waals surface area (Å²) in [5.74, 6) is 1.30. The first-order valence-electron chi connectivity index (χ1n) is 10.5. The third-order valence-corrected chi connectivity index (χ3v) is 4.57. The van der Waals surface area contributed by atoms with E-state index in [2.05, 4.69) is 20.1 Å². The number of carbonyl (C=O) groups is 1. The minimum absolute atomic E-state index is 0.258. The van der Waals surface area contributed by atoms with E-state index in [1.807, 2.05) is 54.6 Å². The highest BCUT2D eigenvalue weighted by Crippen LogP contribution is 2.15. The smallest absolute Gasteiger partial charge is 0.330 e. The van der Waals surface area contributed by atoms with Crippen molar-refractivity contribution < 1.29 is 18.8 Å². The number of esters is 1. The van der Waals surface area contributed by atoms with Crippen LogP contribution in [-0.2, 0) is 22.6 Å². The van der Waals surface area contributed by atoms with Crippen molar-refractivity contribution >= 4 is 12.0 Å². The molecule has 0 aliphatic rings. The number of hydrogen-bond donors (Lipinski definition) is 0. The summed E-state index contributed by atoms with van der Waals surface area (Å²) in [6, 6.07) is 16.8. The van der Waals surface area contributed by atoms with Gasteiger partial charge in [-0.15, -0.1) is 0 Å². The molecule has 0 fully saturated rings. The molecular weight excluding hydrogens is 420 g/mol. The van der Waals surface area contributed by atoms with Crippen LogP contribution in [0.15, 0.2) is 83.8 Å². The maximum Gasteiger partial charge on any atom is 0.330 e. The molecule has 8 nitrogen and oxygen atoms in total. The zero-order valence-electron chi connectivity index (χ0n) is 17.8. The van der Waals surface area contributed by atoms with Crippen LogP contribution in [0.3, 0.4) is 0 Å². The number of hydrogen-bond acceptors (Lipinski definition) is 8. The van der Waals surface area contributed by atoms with E-state index in [4.69, 9.17) is 14.0 Å². The number of ether oxygens (including phenoxy) is 2. The van der Waals surface area contributed by atoms with Gasteiger partial charge in [-0.05, 0) is 54.5 Å². The Bertz CT molecular complexity index is 1180. The molecule has 3 heterocycles. The second kappa shape index (κ2) is 11.3. The van der Waals surface area contributed by atoms with Gasteiger partial charge in [-0.2, -0.15) is 4.98 Å². The zero-order chi connectivity index (χ0) is 22.7. The van der Waals surface area contributed by atoms with E-state index in [0.29, 0.717) is 31.2 Å². The van der Waals surface area contributed by atoms with Crippen molar-refractivity contribution in [2.45, 2.75) is 19.4 Å². The van der Waals surface area contributed by atoms with E-state index < -0.39 is 5.97 Å². The predicted molar refractivity (Wildman–Crippen MR) is 121 cm³/mol. The molecule has 0 radical (unpaired) electrons. The Balaban J connectivity index is 1.16. The number of benzene rings is 1. The largest absolute Gasteiger partial charge is 0.487 e. The summed E-state index contributed by atoms with van der Waals surface area (Å²) in [7, 11) is 0. The second-order valence-electron chi connectivity index (χ2n) is 7.04. The van der Waals surface area contributed by atoms with E-state index in [1.165, 1.54) is 6.08 Å². The highest BCUT2D eigenvalue weighted by Gasteiger charge is 2.08. The van der Waals surface area contributed by atoms with Crippen molar-refractivity contribution in [2.75, 3.05) is 6.61 Å². The molecule has 33 heavy (non-hydrogen) atoms. The highest BCUT2D eigenvalue weighted by atomic mass is 16.5. The monoisotopic (exact) mass is 442 g/mol. The van der Waals surface area contributed by atoms with Gasteiger partial charge in [0.05, 0.1) is 12.3 Å². The zero-order valence-corrected chi connectivity index (χ0v) is 17.8. The first kappa shape index (κ1) is 21.9. The minimum Gasteiger partial charge on any atom is -0.487 e. The van der Waals surface area contributed by atoms with Gasteiger partial charge in [0.25, 0.3) is 0 Å². The van der Waals surface area contributed by atoms with E-state index in [9.17, 15) is 4.79 Å². The lowest BCUT2D eigenvalue weighted by Crippen LogP contribution is -2.03. The number of pyridine rings is 2. The van der Waals surface area contributed by atoms with E-state index in [0.717, 1.165) is 22.6 Å². The molecule has 3 aromatic heterocycles. The quantitative estimate of drug-likeness (QED) is 0.204. The Hall–Kier alpha value is -4.33. The van der Waals surface area contributed by atoms with Crippen LogP contribution in [0.4, 0.5) is 0 Å². The molecule has 4 aromatic rings. The molecule has 1 aromatic carbocycles. The van der Waals surface area contributed by atoms with Crippen LogP contribution >= 0.6 is 0 Å². The van der Waals surface area contributed by atoms with Crippen LogP contribution in [0.25, 0.3) is 17.5 Å². The first-order chi connectivity index (χ1) is 16.3.